The lowest BCUT2D eigenvalue weighted by Crippen LogP contribution is -2.42. The zero-order valence-electron chi connectivity index (χ0n) is 9.42. The normalized spacial score (nSPS) is 11.0. The number of nitrogens with one attached hydrogen (secondary N) is 1. The van der Waals surface area contributed by atoms with Crippen LogP contribution in [0, 0.1) is 0 Å². The Hall–Kier alpha value is -0.610. The van der Waals surface area contributed by atoms with Gasteiger partial charge in [-0.25, -0.2) is 0 Å². The van der Waals surface area contributed by atoms with E-state index in [9.17, 15) is 4.79 Å². The molecule has 0 heterocycles. The molecule has 84 valence electrons. The van der Waals surface area contributed by atoms with Gasteiger partial charge in [0.2, 0.25) is 5.91 Å². The number of amides is 1. The van der Waals surface area contributed by atoms with E-state index in [-0.39, 0.29) is 18.6 Å². The summed E-state index contributed by atoms with van der Waals surface area (Å²) in [7, 11) is 0. The number of nitrogens with zero attached hydrogens (tertiary/aromatic N) is 1. The van der Waals surface area contributed by atoms with Crippen molar-refractivity contribution < 1.29 is 9.90 Å². The van der Waals surface area contributed by atoms with E-state index in [2.05, 4.69) is 5.32 Å². The Labute approximate surface area is 86.3 Å². The second kappa shape index (κ2) is 7.76. The molecule has 2 N–H and O–H groups in total. The summed E-state index contributed by atoms with van der Waals surface area (Å²) in [6.07, 6.45) is 0.952. The van der Waals surface area contributed by atoms with Crippen molar-refractivity contribution in [2.45, 2.75) is 33.2 Å². The molecule has 0 saturated carbocycles. The molecule has 0 aromatic rings. The lowest BCUT2D eigenvalue weighted by Gasteiger charge is -2.24. The molecular formula is C10H22N2O2. The summed E-state index contributed by atoms with van der Waals surface area (Å²) in [6, 6.07) is 0.287. The van der Waals surface area contributed by atoms with Crippen LogP contribution in [0.3, 0.4) is 0 Å². The Kier molecular flexibility index (Phi) is 7.42. The fourth-order valence-electron chi connectivity index (χ4n) is 1.15. The fourth-order valence-corrected chi connectivity index (χ4v) is 1.15. The van der Waals surface area contributed by atoms with Crippen LogP contribution in [0.4, 0.5) is 0 Å². The van der Waals surface area contributed by atoms with Crippen LogP contribution in [0.5, 0.6) is 0 Å². The van der Waals surface area contributed by atoms with Crippen molar-refractivity contribution >= 4 is 5.91 Å². The average Bonchev–Trinajstić information content (AvgIpc) is 2.14. The molecule has 4 nitrogen and oxygen atoms in total. The minimum Gasteiger partial charge on any atom is -0.395 e. The lowest BCUT2D eigenvalue weighted by molar-refractivity contribution is -0.122. The zero-order chi connectivity index (χ0) is 11.0. The quantitative estimate of drug-likeness (QED) is 0.621. The highest BCUT2D eigenvalue weighted by atomic mass is 16.3. The van der Waals surface area contributed by atoms with Gasteiger partial charge in [0, 0.05) is 19.1 Å². The van der Waals surface area contributed by atoms with Gasteiger partial charge in [0.15, 0.2) is 0 Å². The number of carbonyl (C=O) groups is 1. The van der Waals surface area contributed by atoms with E-state index >= 15 is 0 Å². The van der Waals surface area contributed by atoms with Crippen molar-refractivity contribution in [3.05, 3.63) is 0 Å². The first-order valence-corrected chi connectivity index (χ1v) is 5.23. The topological polar surface area (TPSA) is 52.6 Å². The van der Waals surface area contributed by atoms with Crippen LogP contribution < -0.4 is 5.32 Å². The first kappa shape index (κ1) is 13.4. The lowest BCUT2D eigenvalue weighted by atomic mass is 10.3. The van der Waals surface area contributed by atoms with Gasteiger partial charge >= 0.3 is 0 Å². The van der Waals surface area contributed by atoms with Gasteiger partial charge in [0.25, 0.3) is 0 Å². The minimum absolute atomic E-state index is 0.0361. The van der Waals surface area contributed by atoms with Crippen molar-refractivity contribution in [2.24, 2.45) is 0 Å². The summed E-state index contributed by atoms with van der Waals surface area (Å²) in [6.45, 7) is 7.80. The first-order chi connectivity index (χ1) is 6.61. The number of carbonyl (C=O) groups excluding carboxylic acids is 1. The van der Waals surface area contributed by atoms with E-state index in [1.165, 1.54) is 0 Å². The summed E-state index contributed by atoms with van der Waals surface area (Å²) in [5.41, 5.74) is 0. The third-order valence-electron chi connectivity index (χ3n) is 2.04. The molecule has 4 heteroatoms. The molecule has 0 atom stereocenters. The number of aliphatic hydroxyl groups excluding tert-OH is 1. The van der Waals surface area contributed by atoms with Crippen molar-refractivity contribution in [1.82, 2.24) is 10.2 Å². The van der Waals surface area contributed by atoms with Gasteiger partial charge in [-0.2, -0.15) is 0 Å². The average molecular weight is 202 g/mol. The molecule has 0 fully saturated rings. The Balaban J connectivity index is 3.83. The second-order valence-corrected chi connectivity index (χ2v) is 3.64. The SMILES string of the molecule is CCCNC(=O)CN(CCO)C(C)C. The molecule has 0 aromatic heterocycles. The predicted molar refractivity (Wildman–Crippen MR) is 57.1 cm³/mol. The maximum absolute atomic E-state index is 11.4. The Morgan fingerprint density at radius 2 is 2.14 bits per heavy atom. The molecule has 1 amide bonds. The van der Waals surface area contributed by atoms with Crippen LogP contribution in [0.1, 0.15) is 27.2 Å². The number of hydrogen-bond donors (Lipinski definition) is 2. The van der Waals surface area contributed by atoms with Crippen molar-refractivity contribution in [3.63, 3.8) is 0 Å². The van der Waals surface area contributed by atoms with Gasteiger partial charge in [-0.3, -0.25) is 9.69 Å². The Morgan fingerprint density at radius 1 is 1.50 bits per heavy atom. The molecule has 0 radical (unpaired) electrons. The van der Waals surface area contributed by atoms with Crippen molar-refractivity contribution in [2.75, 3.05) is 26.2 Å². The van der Waals surface area contributed by atoms with Gasteiger partial charge in [-0.1, -0.05) is 6.92 Å². The molecule has 0 spiro atoms. The van der Waals surface area contributed by atoms with Crippen LogP contribution in [-0.2, 0) is 4.79 Å². The van der Waals surface area contributed by atoms with Gasteiger partial charge in [0.05, 0.1) is 13.2 Å². The molecule has 0 bridgehead atoms. The highest BCUT2D eigenvalue weighted by Crippen LogP contribution is 1.96. The highest BCUT2D eigenvalue weighted by molar-refractivity contribution is 5.77. The summed E-state index contributed by atoms with van der Waals surface area (Å²) < 4.78 is 0. The largest absolute Gasteiger partial charge is 0.395 e. The van der Waals surface area contributed by atoms with Crippen LogP contribution in [0.2, 0.25) is 0 Å². The molecule has 0 saturated heterocycles. The summed E-state index contributed by atoms with van der Waals surface area (Å²) in [5, 5.41) is 11.6. The maximum atomic E-state index is 11.4. The summed E-state index contributed by atoms with van der Waals surface area (Å²) in [4.78, 5) is 13.3. The van der Waals surface area contributed by atoms with Crippen molar-refractivity contribution in [3.8, 4) is 0 Å². The molecular weight excluding hydrogens is 180 g/mol. The molecule has 0 aromatic carbocycles. The van der Waals surface area contributed by atoms with E-state index in [0.717, 1.165) is 13.0 Å². The van der Waals surface area contributed by atoms with Crippen LogP contribution in [0.25, 0.3) is 0 Å². The molecule has 0 aliphatic carbocycles. The van der Waals surface area contributed by atoms with Gasteiger partial charge in [0.1, 0.15) is 0 Å². The number of aliphatic hydroxyl groups is 1. The number of hydrogen-bond acceptors (Lipinski definition) is 3. The third-order valence-corrected chi connectivity index (χ3v) is 2.04. The molecule has 0 unspecified atom stereocenters. The summed E-state index contributed by atoms with van der Waals surface area (Å²) >= 11 is 0. The van der Waals surface area contributed by atoms with E-state index in [1.54, 1.807) is 0 Å². The Morgan fingerprint density at radius 3 is 2.57 bits per heavy atom. The monoisotopic (exact) mass is 202 g/mol. The zero-order valence-corrected chi connectivity index (χ0v) is 9.42. The molecule has 0 aliphatic rings. The van der Waals surface area contributed by atoms with E-state index < -0.39 is 0 Å². The van der Waals surface area contributed by atoms with Crippen molar-refractivity contribution in [1.29, 1.82) is 0 Å². The van der Waals surface area contributed by atoms with Gasteiger partial charge in [-0.15, -0.1) is 0 Å². The highest BCUT2D eigenvalue weighted by Gasteiger charge is 2.12. The number of rotatable bonds is 7. The second-order valence-electron chi connectivity index (χ2n) is 3.64. The van der Waals surface area contributed by atoms with Gasteiger partial charge in [-0.05, 0) is 20.3 Å². The van der Waals surface area contributed by atoms with Gasteiger partial charge < -0.3 is 10.4 Å². The maximum Gasteiger partial charge on any atom is 0.234 e. The van der Waals surface area contributed by atoms with Crippen LogP contribution in [-0.4, -0.2) is 48.2 Å². The van der Waals surface area contributed by atoms with E-state index in [0.29, 0.717) is 13.1 Å². The van der Waals surface area contributed by atoms with E-state index in [4.69, 9.17) is 5.11 Å². The van der Waals surface area contributed by atoms with E-state index in [1.807, 2.05) is 25.7 Å². The van der Waals surface area contributed by atoms with Crippen LogP contribution in [0.15, 0.2) is 0 Å². The smallest absolute Gasteiger partial charge is 0.234 e. The Bertz CT molecular complexity index is 160. The minimum atomic E-state index is 0.0361. The summed E-state index contributed by atoms with van der Waals surface area (Å²) in [5.74, 6) is 0.0361. The standard InChI is InChI=1S/C10H22N2O2/c1-4-5-11-10(14)8-12(6-7-13)9(2)3/h9,13H,4-8H2,1-3H3,(H,11,14). The molecule has 0 aliphatic heterocycles. The first-order valence-electron chi connectivity index (χ1n) is 5.23. The fraction of sp³-hybridized carbons (Fsp3) is 0.900. The molecule has 0 rings (SSSR count). The third kappa shape index (κ3) is 5.94. The van der Waals surface area contributed by atoms with Crippen LogP contribution >= 0.6 is 0 Å². The molecule has 14 heavy (non-hydrogen) atoms. The predicted octanol–water partition coefficient (Wildman–Crippen LogP) is 0.215.